The van der Waals surface area contributed by atoms with E-state index in [4.69, 9.17) is 0 Å². The second-order valence-corrected chi connectivity index (χ2v) is 7.96. The lowest BCUT2D eigenvalue weighted by molar-refractivity contribution is 0.448. The van der Waals surface area contributed by atoms with E-state index in [1.807, 2.05) is 12.1 Å². The Hall–Kier alpha value is -2.06. The number of anilines is 1. The van der Waals surface area contributed by atoms with E-state index in [0.717, 1.165) is 31.5 Å². The van der Waals surface area contributed by atoms with Gasteiger partial charge >= 0.3 is 0 Å². The fourth-order valence-electron chi connectivity index (χ4n) is 2.82. The maximum absolute atomic E-state index is 12.1. The van der Waals surface area contributed by atoms with Crippen LogP contribution in [0.5, 0.6) is 0 Å². The SMILES string of the molecule is CS(=O)(=O)c1cnc(NCc2cccnc2)nc1C1CCCNC1. The van der Waals surface area contributed by atoms with Gasteiger partial charge in [0.05, 0.1) is 11.9 Å². The van der Waals surface area contributed by atoms with Gasteiger partial charge in [0.1, 0.15) is 4.90 Å². The monoisotopic (exact) mass is 347 g/mol. The molecule has 0 amide bonds. The molecule has 24 heavy (non-hydrogen) atoms. The fourth-order valence-corrected chi connectivity index (χ4v) is 3.65. The summed E-state index contributed by atoms with van der Waals surface area (Å²) in [6, 6.07) is 3.82. The minimum atomic E-state index is -3.36. The van der Waals surface area contributed by atoms with E-state index in [1.54, 1.807) is 12.4 Å². The van der Waals surface area contributed by atoms with Crippen LogP contribution in [-0.4, -0.2) is 42.7 Å². The Bertz CT molecular complexity index is 789. The molecule has 3 rings (SSSR count). The minimum absolute atomic E-state index is 0.0883. The lowest BCUT2D eigenvalue weighted by Crippen LogP contribution is -2.30. The second-order valence-electron chi connectivity index (χ2n) is 5.97. The zero-order valence-corrected chi connectivity index (χ0v) is 14.4. The predicted molar refractivity (Wildman–Crippen MR) is 91.6 cm³/mol. The maximum atomic E-state index is 12.1. The van der Waals surface area contributed by atoms with E-state index in [-0.39, 0.29) is 10.8 Å². The third-order valence-electron chi connectivity index (χ3n) is 4.04. The topological polar surface area (TPSA) is 96.9 Å². The fraction of sp³-hybridized carbons (Fsp3) is 0.438. The number of pyridine rings is 1. The molecule has 2 N–H and O–H groups in total. The van der Waals surface area contributed by atoms with Crippen LogP contribution in [0.3, 0.4) is 0 Å². The Morgan fingerprint density at radius 3 is 2.92 bits per heavy atom. The van der Waals surface area contributed by atoms with E-state index in [0.29, 0.717) is 18.2 Å². The van der Waals surface area contributed by atoms with Gasteiger partial charge in [-0.1, -0.05) is 6.07 Å². The van der Waals surface area contributed by atoms with E-state index in [1.165, 1.54) is 12.5 Å². The van der Waals surface area contributed by atoms with Crippen molar-refractivity contribution in [3.05, 3.63) is 42.0 Å². The van der Waals surface area contributed by atoms with Gasteiger partial charge in [-0.2, -0.15) is 0 Å². The van der Waals surface area contributed by atoms with Crippen LogP contribution < -0.4 is 10.6 Å². The summed E-state index contributed by atoms with van der Waals surface area (Å²) in [5.74, 6) is 0.525. The molecule has 1 fully saturated rings. The predicted octanol–water partition coefficient (Wildman–Crippen LogP) is 1.35. The highest BCUT2D eigenvalue weighted by Gasteiger charge is 2.25. The molecule has 2 aromatic heterocycles. The van der Waals surface area contributed by atoms with Crippen molar-refractivity contribution in [1.29, 1.82) is 0 Å². The van der Waals surface area contributed by atoms with Crippen molar-refractivity contribution in [3.63, 3.8) is 0 Å². The van der Waals surface area contributed by atoms with Gasteiger partial charge in [0.15, 0.2) is 9.84 Å². The van der Waals surface area contributed by atoms with Gasteiger partial charge < -0.3 is 10.6 Å². The number of nitrogens with one attached hydrogen (secondary N) is 2. The van der Waals surface area contributed by atoms with Crippen LogP contribution in [0.4, 0.5) is 5.95 Å². The first-order chi connectivity index (χ1) is 11.5. The molecule has 2 aromatic rings. The van der Waals surface area contributed by atoms with E-state index in [2.05, 4.69) is 25.6 Å². The average molecular weight is 347 g/mol. The van der Waals surface area contributed by atoms with E-state index in [9.17, 15) is 8.42 Å². The summed E-state index contributed by atoms with van der Waals surface area (Å²) < 4.78 is 24.1. The number of sulfone groups is 1. The minimum Gasteiger partial charge on any atom is -0.350 e. The molecule has 128 valence electrons. The van der Waals surface area contributed by atoms with Crippen LogP contribution in [0.25, 0.3) is 0 Å². The largest absolute Gasteiger partial charge is 0.350 e. The van der Waals surface area contributed by atoms with Crippen molar-refractivity contribution in [3.8, 4) is 0 Å². The van der Waals surface area contributed by atoms with Crippen molar-refractivity contribution in [2.45, 2.75) is 30.2 Å². The normalized spacial score (nSPS) is 18.3. The quantitative estimate of drug-likeness (QED) is 0.843. The molecule has 1 aliphatic heterocycles. The first-order valence-electron chi connectivity index (χ1n) is 7.94. The van der Waals surface area contributed by atoms with Gasteiger partial charge in [-0.05, 0) is 31.0 Å². The Balaban J connectivity index is 1.86. The van der Waals surface area contributed by atoms with Gasteiger partial charge in [0.2, 0.25) is 5.95 Å². The molecule has 1 saturated heterocycles. The standard InChI is InChI=1S/C16H21N5O2S/c1-24(22,23)14-11-20-16(19-9-12-4-2-6-17-8-12)21-15(14)13-5-3-7-18-10-13/h2,4,6,8,11,13,18H,3,5,7,9-10H2,1H3,(H,19,20,21). The molecule has 0 bridgehead atoms. The first-order valence-corrected chi connectivity index (χ1v) is 9.83. The lowest BCUT2D eigenvalue weighted by atomic mass is 9.96. The van der Waals surface area contributed by atoms with E-state index < -0.39 is 9.84 Å². The molecular weight excluding hydrogens is 326 g/mol. The molecule has 7 nitrogen and oxygen atoms in total. The molecule has 1 aliphatic rings. The highest BCUT2D eigenvalue weighted by Crippen LogP contribution is 2.27. The lowest BCUT2D eigenvalue weighted by Gasteiger charge is -2.24. The number of hydrogen-bond donors (Lipinski definition) is 2. The smallest absolute Gasteiger partial charge is 0.223 e. The van der Waals surface area contributed by atoms with Crippen molar-refractivity contribution in [2.24, 2.45) is 0 Å². The third kappa shape index (κ3) is 4.07. The summed E-state index contributed by atoms with van der Waals surface area (Å²) in [6.07, 6.45) is 8.04. The zero-order valence-electron chi connectivity index (χ0n) is 13.6. The Morgan fingerprint density at radius 2 is 2.25 bits per heavy atom. The van der Waals surface area contributed by atoms with Gasteiger partial charge in [0.25, 0.3) is 0 Å². The molecule has 1 unspecified atom stereocenters. The molecule has 0 aliphatic carbocycles. The van der Waals surface area contributed by atoms with Gasteiger partial charge in [0, 0.05) is 37.7 Å². The first kappa shape index (κ1) is 16.8. The Kier molecular flexibility index (Phi) is 5.06. The molecule has 8 heteroatoms. The van der Waals surface area contributed by atoms with Crippen molar-refractivity contribution >= 4 is 15.8 Å². The van der Waals surface area contributed by atoms with Crippen LogP contribution in [0.1, 0.15) is 30.0 Å². The number of rotatable bonds is 5. The summed E-state index contributed by atoms with van der Waals surface area (Å²) in [5, 5.41) is 6.45. The summed E-state index contributed by atoms with van der Waals surface area (Å²) in [4.78, 5) is 13.0. The van der Waals surface area contributed by atoms with Crippen LogP contribution >= 0.6 is 0 Å². The zero-order chi connectivity index (χ0) is 17.0. The van der Waals surface area contributed by atoms with E-state index >= 15 is 0 Å². The molecular formula is C16H21N5O2S. The summed E-state index contributed by atoms with van der Waals surface area (Å²) in [5.41, 5.74) is 1.61. The highest BCUT2D eigenvalue weighted by molar-refractivity contribution is 7.90. The van der Waals surface area contributed by atoms with Crippen molar-refractivity contribution in [2.75, 3.05) is 24.7 Å². The Morgan fingerprint density at radius 1 is 1.38 bits per heavy atom. The molecule has 0 radical (unpaired) electrons. The van der Waals surface area contributed by atoms with Crippen LogP contribution in [0.2, 0.25) is 0 Å². The summed E-state index contributed by atoms with van der Waals surface area (Å²) >= 11 is 0. The molecule has 1 atom stereocenters. The molecule has 0 saturated carbocycles. The number of aromatic nitrogens is 3. The molecule has 0 aromatic carbocycles. The molecule has 3 heterocycles. The van der Waals surface area contributed by atoms with Crippen LogP contribution in [0.15, 0.2) is 35.6 Å². The van der Waals surface area contributed by atoms with Crippen molar-refractivity contribution in [1.82, 2.24) is 20.3 Å². The van der Waals surface area contributed by atoms with Gasteiger partial charge in [-0.15, -0.1) is 0 Å². The van der Waals surface area contributed by atoms with Crippen molar-refractivity contribution < 1.29 is 8.42 Å². The second kappa shape index (κ2) is 7.23. The summed E-state index contributed by atoms with van der Waals surface area (Å²) in [7, 11) is -3.36. The summed E-state index contributed by atoms with van der Waals surface area (Å²) in [6.45, 7) is 2.23. The van der Waals surface area contributed by atoms with Crippen LogP contribution in [-0.2, 0) is 16.4 Å². The maximum Gasteiger partial charge on any atom is 0.223 e. The number of hydrogen-bond acceptors (Lipinski definition) is 7. The highest BCUT2D eigenvalue weighted by atomic mass is 32.2. The van der Waals surface area contributed by atoms with Gasteiger partial charge in [-0.3, -0.25) is 4.98 Å². The number of piperidine rings is 1. The van der Waals surface area contributed by atoms with Crippen LogP contribution in [0, 0.1) is 0 Å². The third-order valence-corrected chi connectivity index (χ3v) is 5.15. The Labute approximate surface area is 141 Å². The number of nitrogens with zero attached hydrogens (tertiary/aromatic N) is 3. The van der Waals surface area contributed by atoms with Gasteiger partial charge in [-0.25, -0.2) is 18.4 Å². The molecule has 0 spiro atoms. The average Bonchev–Trinajstić information content (AvgIpc) is 2.60.